The average Bonchev–Trinajstić information content (AvgIpc) is 2.83. The standard InChI is InChI=1S/C25H47N5O7S/c31-22(26-8-6-4-2-1-3-5-7-17-38)18-27-9-11-28(19-23(32)33)13-15-30(21-25(36)37)16-14-29(12-10-27)20-24(34)35/h38H,1-21H2,(H,26,31)(H,32,33)(H,34,35)(H,36,37). The number of nitrogens with one attached hydrogen (secondary N) is 1. The summed E-state index contributed by atoms with van der Waals surface area (Å²) < 4.78 is 0. The number of carbonyl (C=O) groups is 4. The maximum Gasteiger partial charge on any atom is 0.317 e. The molecule has 0 spiro atoms. The summed E-state index contributed by atoms with van der Waals surface area (Å²) in [7, 11) is 0. The highest BCUT2D eigenvalue weighted by atomic mass is 32.1. The Kier molecular flexibility index (Phi) is 18.8. The molecule has 1 aliphatic heterocycles. The first-order valence-electron chi connectivity index (χ1n) is 13.6. The number of aliphatic carboxylic acids is 3. The zero-order valence-corrected chi connectivity index (χ0v) is 23.5. The van der Waals surface area contributed by atoms with E-state index in [9.17, 15) is 34.5 Å². The van der Waals surface area contributed by atoms with Crippen LogP contribution in [0, 0.1) is 0 Å². The topological polar surface area (TPSA) is 154 Å². The molecule has 0 bridgehead atoms. The van der Waals surface area contributed by atoms with Crippen LogP contribution in [0.4, 0.5) is 0 Å². The molecule has 1 aliphatic rings. The Morgan fingerprint density at radius 3 is 1.18 bits per heavy atom. The van der Waals surface area contributed by atoms with Gasteiger partial charge >= 0.3 is 17.9 Å². The molecule has 0 aromatic carbocycles. The fraction of sp³-hybridized carbons (Fsp3) is 0.840. The molecule has 1 fully saturated rings. The van der Waals surface area contributed by atoms with Crippen molar-refractivity contribution in [1.29, 1.82) is 0 Å². The molecule has 0 radical (unpaired) electrons. The van der Waals surface area contributed by atoms with E-state index in [-0.39, 0.29) is 32.1 Å². The quantitative estimate of drug-likeness (QED) is 0.123. The molecule has 0 saturated carbocycles. The van der Waals surface area contributed by atoms with Crippen molar-refractivity contribution in [2.45, 2.75) is 44.9 Å². The third-order valence-corrected chi connectivity index (χ3v) is 6.85. The van der Waals surface area contributed by atoms with Crippen molar-refractivity contribution in [3.8, 4) is 0 Å². The molecule has 13 heteroatoms. The van der Waals surface area contributed by atoms with Gasteiger partial charge in [0.05, 0.1) is 26.2 Å². The fourth-order valence-electron chi connectivity index (χ4n) is 4.39. The number of hydrogen-bond donors (Lipinski definition) is 5. The number of rotatable bonds is 17. The number of nitrogens with zero attached hydrogens (tertiary/aromatic N) is 4. The van der Waals surface area contributed by atoms with E-state index in [0.717, 1.165) is 31.4 Å². The normalized spacial score (nSPS) is 17.4. The zero-order chi connectivity index (χ0) is 28.2. The van der Waals surface area contributed by atoms with Crippen LogP contribution in [0.15, 0.2) is 0 Å². The fourth-order valence-corrected chi connectivity index (χ4v) is 4.62. The van der Waals surface area contributed by atoms with Gasteiger partial charge in [0.2, 0.25) is 5.91 Å². The summed E-state index contributed by atoms with van der Waals surface area (Å²) in [5, 5.41) is 30.8. The zero-order valence-electron chi connectivity index (χ0n) is 22.6. The second kappa shape index (κ2) is 21.0. The number of carbonyl (C=O) groups excluding carboxylic acids is 1. The molecule has 0 aromatic heterocycles. The Labute approximate surface area is 231 Å². The van der Waals surface area contributed by atoms with Crippen LogP contribution in [0.1, 0.15) is 44.9 Å². The van der Waals surface area contributed by atoms with Crippen LogP contribution in [-0.4, -0.2) is 150 Å². The van der Waals surface area contributed by atoms with Gasteiger partial charge in [-0.2, -0.15) is 12.6 Å². The van der Waals surface area contributed by atoms with Crippen molar-refractivity contribution >= 4 is 36.4 Å². The van der Waals surface area contributed by atoms with E-state index in [1.807, 2.05) is 4.90 Å². The van der Waals surface area contributed by atoms with Crippen LogP contribution >= 0.6 is 12.6 Å². The lowest BCUT2D eigenvalue weighted by Crippen LogP contribution is -2.49. The Morgan fingerprint density at radius 1 is 0.526 bits per heavy atom. The van der Waals surface area contributed by atoms with Gasteiger partial charge in [-0.25, -0.2) is 0 Å². The van der Waals surface area contributed by atoms with Gasteiger partial charge in [-0.3, -0.25) is 38.8 Å². The van der Waals surface area contributed by atoms with E-state index in [0.29, 0.717) is 58.9 Å². The van der Waals surface area contributed by atoms with Gasteiger partial charge in [0.15, 0.2) is 0 Å². The monoisotopic (exact) mass is 561 g/mol. The predicted molar refractivity (Wildman–Crippen MR) is 148 cm³/mol. The summed E-state index contributed by atoms with van der Waals surface area (Å²) in [6, 6.07) is 0. The highest BCUT2D eigenvalue weighted by Crippen LogP contribution is 2.07. The molecule has 0 aliphatic carbocycles. The first-order chi connectivity index (χ1) is 18.2. The van der Waals surface area contributed by atoms with Gasteiger partial charge in [0, 0.05) is 58.9 Å². The molecule has 1 heterocycles. The predicted octanol–water partition coefficient (Wildman–Crippen LogP) is 0.239. The van der Waals surface area contributed by atoms with Crippen LogP contribution in [0.25, 0.3) is 0 Å². The molecular formula is C25H47N5O7S. The number of amides is 1. The van der Waals surface area contributed by atoms with Crippen molar-refractivity contribution in [3.05, 3.63) is 0 Å². The Balaban J connectivity index is 2.66. The lowest BCUT2D eigenvalue weighted by Gasteiger charge is -2.32. The molecule has 1 saturated heterocycles. The molecule has 38 heavy (non-hydrogen) atoms. The lowest BCUT2D eigenvalue weighted by molar-refractivity contribution is -0.140. The molecule has 1 rings (SSSR count). The van der Waals surface area contributed by atoms with Crippen molar-refractivity contribution in [2.24, 2.45) is 0 Å². The van der Waals surface area contributed by atoms with Crippen LogP contribution in [0.2, 0.25) is 0 Å². The first kappa shape index (κ1) is 34.1. The van der Waals surface area contributed by atoms with E-state index in [4.69, 9.17) is 0 Å². The lowest BCUT2D eigenvalue weighted by atomic mass is 10.1. The van der Waals surface area contributed by atoms with Crippen LogP contribution < -0.4 is 5.32 Å². The molecule has 220 valence electrons. The smallest absolute Gasteiger partial charge is 0.317 e. The second-order valence-corrected chi connectivity index (χ2v) is 10.3. The minimum Gasteiger partial charge on any atom is -0.480 e. The van der Waals surface area contributed by atoms with E-state index in [1.165, 1.54) is 19.3 Å². The summed E-state index contributed by atoms with van der Waals surface area (Å²) in [6.45, 7) is 3.26. The largest absolute Gasteiger partial charge is 0.480 e. The van der Waals surface area contributed by atoms with Crippen LogP contribution in [-0.2, 0) is 19.2 Å². The SMILES string of the molecule is O=C(O)CN1CCN(CC(=O)O)CCN(CC(=O)NCCCCCCCCCS)CCN(CC(=O)O)CC1. The third-order valence-electron chi connectivity index (χ3n) is 6.53. The van der Waals surface area contributed by atoms with Crippen molar-refractivity contribution in [1.82, 2.24) is 24.9 Å². The highest BCUT2D eigenvalue weighted by molar-refractivity contribution is 7.80. The second-order valence-electron chi connectivity index (χ2n) is 9.83. The summed E-state index contributed by atoms with van der Waals surface area (Å²) >= 11 is 4.22. The molecule has 1 amide bonds. The van der Waals surface area contributed by atoms with Gasteiger partial charge in [0.1, 0.15) is 0 Å². The molecule has 12 nitrogen and oxygen atoms in total. The maximum absolute atomic E-state index is 12.6. The van der Waals surface area contributed by atoms with Gasteiger partial charge in [-0.1, -0.05) is 32.1 Å². The molecule has 0 unspecified atom stereocenters. The summed E-state index contributed by atoms with van der Waals surface area (Å²) in [5.74, 6) is -2.11. The number of thiol groups is 1. The van der Waals surface area contributed by atoms with E-state index < -0.39 is 17.9 Å². The summed E-state index contributed by atoms with van der Waals surface area (Å²) in [4.78, 5) is 53.8. The molecule has 0 aromatic rings. The highest BCUT2D eigenvalue weighted by Gasteiger charge is 2.21. The molecule has 0 atom stereocenters. The number of carboxylic acid groups (broad SMARTS) is 3. The Morgan fingerprint density at radius 2 is 0.842 bits per heavy atom. The van der Waals surface area contributed by atoms with Gasteiger partial charge in [-0.05, 0) is 18.6 Å². The van der Waals surface area contributed by atoms with Crippen molar-refractivity contribution < 1.29 is 34.5 Å². The van der Waals surface area contributed by atoms with Gasteiger partial charge in [0.25, 0.3) is 0 Å². The first-order valence-corrected chi connectivity index (χ1v) is 14.2. The molecule has 4 N–H and O–H groups in total. The molecular weight excluding hydrogens is 514 g/mol. The van der Waals surface area contributed by atoms with Crippen LogP contribution in [0.3, 0.4) is 0 Å². The van der Waals surface area contributed by atoms with E-state index >= 15 is 0 Å². The minimum atomic E-state index is -0.993. The number of unbranched alkanes of at least 4 members (excludes halogenated alkanes) is 6. The van der Waals surface area contributed by atoms with Crippen LogP contribution in [0.5, 0.6) is 0 Å². The van der Waals surface area contributed by atoms with Gasteiger partial charge in [-0.15, -0.1) is 0 Å². The van der Waals surface area contributed by atoms with E-state index in [1.54, 1.807) is 14.7 Å². The minimum absolute atomic E-state index is 0.104. The Hall–Kier alpha value is -1.93. The summed E-state index contributed by atoms with van der Waals surface area (Å²) in [5.41, 5.74) is 0. The van der Waals surface area contributed by atoms with E-state index in [2.05, 4.69) is 17.9 Å². The van der Waals surface area contributed by atoms with Crippen molar-refractivity contribution in [2.75, 3.05) is 90.8 Å². The number of carboxylic acids is 3. The number of hydrogen-bond acceptors (Lipinski definition) is 9. The third kappa shape index (κ3) is 18.3. The van der Waals surface area contributed by atoms with Crippen molar-refractivity contribution in [3.63, 3.8) is 0 Å². The maximum atomic E-state index is 12.6. The Bertz CT molecular complexity index is 684. The van der Waals surface area contributed by atoms with Gasteiger partial charge < -0.3 is 20.6 Å². The summed E-state index contributed by atoms with van der Waals surface area (Å²) in [6.07, 6.45) is 7.92. The average molecular weight is 562 g/mol.